The van der Waals surface area contributed by atoms with E-state index in [0.717, 1.165) is 17.0 Å². The molecule has 2 aromatic heterocycles. The monoisotopic (exact) mass is 260 g/mol. The number of nitrogens with two attached hydrogens (primary N) is 1. The molecule has 0 aliphatic rings. The first-order valence-corrected chi connectivity index (χ1v) is 6.33. The van der Waals surface area contributed by atoms with Crippen molar-refractivity contribution >= 4 is 11.8 Å². The van der Waals surface area contributed by atoms with Crippen LogP contribution < -0.4 is 11.1 Å². The van der Waals surface area contributed by atoms with Crippen LogP contribution in [0.15, 0.2) is 12.3 Å². The number of hydrogen-bond donors (Lipinski definition) is 2. The van der Waals surface area contributed by atoms with Crippen LogP contribution in [0.2, 0.25) is 0 Å². The van der Waals surface area contributed by atoms with E-state index in [4.69, 9.17) is 5.73 Å². The number of nitrogens with zero attached hydrogens (tertiary/aromatic N) is 4. The van der Waals surface area contributed by atoms with Gasteiger partial charge >= 0.3 is 0 Å². The minimum absolute atomic E-state index is 0.380. The summed E-state index contributed by atoms with van der Waals surface area (Å²) in [5.41, 5.74) is 8.83. The Morgan fingerprint density at radius 3 is 2.68 bits per heavy atom. The van der Waals surface area contributed by atoms with Crippen LogP contribution in [0.4, 0.5) is 11.8 Å². The van der Waals surface area contributed by atoms with Crippen molar-refractivity contribution in [2.45, 2.75) is 33.2 Å². The van der Waals surface area contributed by atoms with Crippen molar-refractivity contribution in [3.63, 3.8) is 0 Å². The van der Waals surface area contributed by atoms with Crippen LogP contribution in [0, 0.1) is 6.92 Å². The van der Waals surface area contributed by atoms with Crippen LogP contribution in [-0.2, 0) is 13.6 Å². The summed E-state index contributed by atoms with van der Waals surface area (Å²) in [5.74, 6) is 1.67. The van der Waals surface area contributed by atoms with Gasteiger partial charge in [-0.05, 0) is 18.9 Å². The van der Waals surface area contributed by atoms with Crippen molar-refractivity contribution in [3.05, 3.63) is 29.2 Å². The lowest BCUT2D eigenvalue weighted by atomic mass is 10.1. The number of hydrogen-bond acceptors (Lipinski definition) is 5. The minimum Gasteiger partial charge on any atom is -0.384 e. The zero-order chi connectivity index (χ0) is 14.0. The van der Waals surface area contributed by atoms with Gasteiger partial charge in [0.05, 0.1) is 6.20 Å². The second-order valence-corrected chi connectivity index (χ2v) is 4.94. The molecule has 0 aliphatic carbocycles. The van der Waals surface area contributed by atoms with E-state index in [9.17, 15) is 0 Å². The summed E-state index contributed by atoms with van der Waals surface area (Å²) in [6.45, 7) is 6.77. The third kappa shape index (κ3) is 3.01. The Morgan fingerprint density at radius 2 is 2.11 bits per heavy atom. The molecule has 0 aromatic carbocycles. The predicted octanol–water partition coefficient (Wildman–Crippen LogP) is 1.84. The molecular weight excluding hydrogens is 240 g/mol. The number of anilines is 2. The summed E-state index contributed by atoms with van der Waals surface area (Å²) in [7, 11) is 1.82. The highest BCUT2D eigenvalue weighted by molar-refractivity contribution is 5.41. The highest BCUT2D eigenvalue weighted by atomic mass is 15.3. The van der Waals surface area contributed by atoms with Gasteiger partial charge in [-0.2, -0.15) is 5.10 Å². The van der Waals surface area contributed by atoms with Gasteiger partial charge in [0.15, 0.2) is 0 Å². The van der Waals surface area contributed by atoms with E-state index in [2.05, 4.69) is 34.2 Å². The molecule has 2 heterocycles. The normalized spacial score (nSPS) is 11.0. The van der Waals surface area contributed by atoms with Gasteiger partial charge in [-0.3, -0.25) is 4.68 Å². The van der Waals surface area contributed by atoms with E-state index in [1.54, 1.807) is 10.9 Å². The van der Waals surface area contributed by atoms with E-state index >= 15 is 0 Å². The fourth-order valence-corrected chi connectivity index (χ4v) is 1.77. The largest absolute Gasteiger partial charge is 0.384 e. The number of rotatable bonds is 4. The molecule has 19 heavy (non-hydrogen) atoms. The molecule has 0 atom stereocenters. The number of aromatic nitrogens is 4. The molecular formula is C13H20N6. The molecule has 0 saturated heterocycles. The first-order valence-electron chi connectivity index (χ1n) is 6.33. The number of nitrogens with one attached hydrogen (secondary N) is 1. The van der Waals surface area contributed by atoms with E-state index in [1.807, 2.05) is 20.0 Å². The standard InChI is InChI=1S/C13H20N6/c1-8(2)11-5-9(3)17-13(18-11)15-6-10-7-16-19(4)12(10)14/h5,7-8H,6,14H2,1-4H3,(H,15,17,18). The molecule has 0 spiro atoms. The average Bonchev–Trinajstić information content (AvgIpc) is 2.67. The molecule has 6 nitrogen and oxygen atoms in total. The third-order valence-corrected chi connectivity index (χ3v) is 2.97. The fraction of sp³-hybridized carbons (Fsp3) is 0.462. The highest BCUT2D eigenvalue weighted by Gasteiger charge is 2.08. The van der Waals surface area contributed by atoms with Gasteiger partial charge in [0.1, 0.15) is 5.82 Å². The Hall–Kier alpha value is -2.11. The highest BCUT2D eigenvalue weighted by Crippen LogP contribution is 2.16. The molecule has 6 heteroatoms. The molecule has 0 aliphatic heterocycles. The van der Waals surface area contributed by atoms with E-state index in [1.165, 1.54) is 0 Å². The Morgan fingerprint density at radius 1 is 1.37 bits per heavy atom. The molecule has 0 fully saturated rings. The van der Waals surface area contributed by atoms with E-state index in [-0.39, 0.29) is 0 Å². The lowest BCUT2D eigenvalue weighted by Crippen LogP contribution is -2.08. The van der Waals surface area contributed by atoms with Gasteiger partial charge in [-0.1, -0.05) is 13.8 Å². The van der Waals surface area contributed by atoms with Crippen LogP contribution in [0.5, 0.6) is 0 Å². The lowest BCUT2D eigenvalue weighted by molar-refractivity contribution is 0.778. The van der Waals surface area contributed by atoms with Gasteiger partial charge in [-0.15, -0.1) is 0 Å². The maximum Gasteiger partial charge on any atom is 0.223 e. The average molecular weight is 260 g/mol. The summed E-state index contributed by atoms with van der Waals surface area (Å²) in [5, 5.41) is 7.30. The third-order valence-electron chi connectivity index (χ3n) is 2.97. The summed E-state index contributed by atoms with van der Waals surface area (Å²) >= 11 is 0. The van der Waals surface area contributed by atoms with Crippen LogP contribution in [0.1, 0.15) is 36.7 Å². The lowest BCUT2D eigenvalue weighted by Gasteiger charge is -2.09. The van der Waals surface area contributed by atoms with Crippen LogP contribution >= 0.6 is 0 Å². The summed E-state index contributed by atoms with van der Waals surface area (Å²) < 4.78 is 1.65. The second kappa shape index (κ2) is 5.26. The smallest absolute Gasteiger partial charge is 0.223 e. The summed E-state index contributed by atoms with van der Waals surface area (Å²) in [6.07, 6.45) is 1.75. The second-order valence-electron chi connectivity index (χ2n) is 4.94. The van der Waals surface area contributed by atoms with Crippen LogP contribution in [0.3, 0.4) is 0 Å². The van der Waals surface area contributed by atoms with Crippen LogP contribution in [0.25, 0.3) is 0 Å². The minimum atomic E-state index is 0.380. The predicted molar refractivity (Wildman–Crippen MR) is 75.8 cm³/mol. The Balaban J connectivity index is 2.13. The van der Waals surface area contributed by atoms with Crippen molar-refractivity contribution in [3.8, 4) is 0 Å². The summed E-state index contributed by atoms with van der Waals surface area (Å²) in [6, 6.07) is 2.01. The van der Waals surface area contributed by atoms with Gasteiger partial charge in [0.2, 0.25) is 5.95 Å². The molecule has 2 rings (SSSR count). The van der Waals surface area contributed by atoms with Crippen molar-refractivity contribution < 1.29 is 0 Å². The molecule has 0 radical (unpaired) electrons. The van der Waals surface area contributed by atoms with Gasteiger partial charge < -0.3 is 11.1 Å². The Kier molecular flexibility index (Phi) is 3.69. The van der Waals surface area contributed by atoms with Crippen molar-refractivity contribution in [2.24, 2.45) is 7.05 Å². The van der Waals surface area contributed by atoms with Crippen molar-refractivity contribution in [1.29, 1.82) is 0 Å². The van der Waals surface area contributed by atoms with Crippen molar-refractivity contribution in [1.82, 2.24) is 19.7 Å². The number of nitrogen functional groups attached to an aromatic ring is 1. The zero-order valence-electron chi connectivity index (χ0n) is 11.8. The van der Waals surface area contributed by atoms with Crippen LogP contribution in [-0.4, -0.2) is 19.7 Å². The fourth-order valence-electron chi connectivity index (χ4n) is 1.77. The molecule has 102 valence electrons. The quantitative estimate of drug-likeness (QED) is 0.876. The first kappa shape index (κ1) is 13.3. The molecule has 0 bridgehead atoms. The van der Waals surface area contributed by atoms with Gasteiger partial charge in [-0.25, -0.2) is 9.97 Å². The Labute approximate surface area is 113 Å². The first-order chi connectivity index (χ1) is 8.97. The van der Waals surface area contributed by atoms with E-state index < -0.39 is 0 Å². The molecule has 2 aromatic rings. The maximum absolute atomic E-state index is 5.89. The van der Waals surface area contributed by atoms with Crippen molar-refractivity contribution in [2.75, 3.05) is 11.1 Å². The zero-order valence-corrected chi connectivity index (χ0v) is 11.8. The SMILES string of the molecule is Cc1cc(C(C)C)nc(NCc2cnn(C)c2N)n1. The number of aryl methyl sites for hydroxylation is 2. The molecule has 3 N–H and O–H groups in total. The molecule has 0 unspecified atom stereocenters. The summed E-state index contributed by atoms with van der Waals surface area (Å²) in [4.78, 5) is 8.87. The van der Waals surface area contributed by atoms with E-state index in [0.29, 0.717) is 24.2 Å². The molecule has 0 saturated carbocycles. The van der Waals surface area contributed by atoms with Gasteiger partial charge in [0, 0.05) is 30.5 Å². The Bertz CT molecular complexity index is 573. The topological polar surface area (TPSA) is 81.7 Å². The maximum atomic E-state index is 5.89. The molecule has 0 amide bonds. The van der Waals surface area contributed by atoms with Gasteiger partial charge in [0.25, 0.3) is 0 Å².